The number of thiophene rings is 1. The molecule has 0 radical (unpaired) electrons. The Kier molecular flexibility index (Phi) is 6.88. The first kappa shape index (κ1) is 16.2. The maximum atomic E-state index is 2.53. The summed E-state index contributed by atoms with van der Waals surface area (Å²) in [5.74, 6) is 1.65. The van der Waals surface area contributed by atoms with E-state index in [2.05, 4.69) is 58.9 Å². The second-order valence-electron chi connectivity index (χ2n) is 5.92. The van der Waals surface area contributed by atoms with Gasteiger partial charge in [-0.15, -0.1) is 11.3 Å². The lowest BCUT2D eigenvalue weighted by molar-refractivity contribution is 0.721. The third kappa shape index (κ3) is 4.67. The van der Waals surface area contributed by atoms with Crippen LogP contribution in [0.4, 0.5) is 0 Å². The summed E-state index contributed by atoms with van der Waals surface area (Å²) in [6.45, 7) is 14.1. The van der Waals surface area contributed by atoms with E-state index in [0.29, 0.717) is 0 Å². The van der Waals surface area contributed by atoms with Gasteiger partial charge in [-0.05, 0) is 48.4 Å². The summed E-state index contributed by atoms with van der Waals surface area (Å²) in [5.41, 5.74) is 0. The molecule has 0 fully saturated rings. The topological polar surface area (TPSA) is 0 Å². The minimum Gasteiger partial charge on any atom is -0.145 e. The third-order valence-corrected chi connectivity index (χ3v) is 8.02. The lowest BCUT2D eigenvalue weighted by Crippen LogP contribution is -2.13. The van der Waals surface area contributed by atoms with Crippen LogP contribution in [0, 0.1) is 11.8 Å². The van der Waals surface area contributed by atoms with E-state index in [1.165, 1.54) is 25.2 Å². The molecule has 104 valence electrons. The summed E-state index contributed by atoms with van der Waals surface area (Å²) >= 11 is 2.06. The van der Waals surface area contributed by atoms with Gasteiger partial charge in [-0.2, -0.15) is 0 Å². The fourth-order valence-electron chi connectivity index (χ4n) is 2.32. The van der Waals surface area contributed by atoms with Crippen LogP contribution >= 0.6 is 19.3 Å². The van der Waals surface area contributed by atoms with Gasteiger partial charge in [0.05, 0.1) is 0 Å². The van der Waals surface area contributed by atoms with Gasteiger partial charge in [0.15, 0.2) is 0 Å². The molecule has 0 saturated carbocycles. The predicted molar refractivity (Wildman–Crippen MR) is 89.0 cm³/mol. The van der Waals surface area contributed by atoms with Crippen molar-refractivity contribution in [1.82, 2.24) is 0 Å². The molecular weight excluding hydrogens is 255 g/mol. The first-order chi connectivity index (χ1) is 8.47. The van der Waals surface area contributed by atoms with Crippen LogP contribution in [-0.4, -0.2) is 12.3 Å². The van der Waals surface area contributed by atoms with Crippen LogP contribution in [0.3, 0.4) is 0 Å². The van der Waals surface area contributed by atoms with Crippen LogP contribution in [0.25, 0.3) is 0 Å². The van der Waals surface area contributed by atoms with Crippen LogP contribution in [0.15, 0.2) is 6.07 Å². The van der Waals surface area contributed by atoms with Crippen molar-refractivity contribution in [2.24, 2.45) is 11.8 Å². The van der Waals surface area contributed by atoms with Crippen molar-refractivity contribution >= 4 is 24.6 Å². The molecule has 18 heavy (non-hydrogen) atoms. The van der Waals surface area contributed by atoms with Gasteiger partial charge in [-0.3, -0.25) is 0 Å². The molecule has 1 rings (SSSR count). The third-order valence-electron chi connectivity index (χ3n) is 3.02. The van der Waals surface area contributed by atoms with E-state index >= 15 is 0 Å². The predicted octanol–water partition coefficient (Wildman–Crippen LogP) is 5.29. The Balaban J connectivity index is 2.98. The summed E-state index contributed by atoms with van der Waals surface area (Å²) < 4.78 is 0. The zero-order chi connectivity index (χ0) is 13.7. The fraction of sp³-hybridized carbons (Fsp3) is 0.750. The highest BCUT2D eigenvalue weighted by molar-refractivity contribution is 7.66. The largest absolute Gasteiger partial charge is 0.145 e. The van der Waals surface area contributed by atoms with Crippen molar-refractivity contribution in [2.75, 3.05) is 12.3 Å². The Hall–Kier alpha value is 0.130. The molecule has 0 atom stereocenters. The number of aryl methyl sites for hydroxylation is 2. The van der Waals surface area contributed by atoms with E-state index in [4.69, 9.17) is 0 Å². The van der Waals surface area contributed by atoms with E-state index < -0.39 is 0 Å². The average Bonchev–Trinajstić information content (AvgIpc) is 2.69. The Labute approximate surface area is 119 Å². The zero-order valence-electron chi connectivity index (χ0n) is 12.9. The molecule has 0 N–H and O–H groups in total. The summed E-state index contributed by atoms with van der Waals surface area (Å²) in [7, 11) is 0.0642. The van der Waals surface area contributed by atoms with Crippen molar-refractivity contribution in [3.8, 4) is 0 Å². The van der Waals surface area contributed by atoms with E-state index in [1.54, 1.807) is 15.1 Å². The fourth-order valence-corrected chi connectivity index (χ4v) is 7.03. The van der Waals surface area contributed by atoms with Gasteiger partial charge < -0.3 is 0 Å². The van der Waals surface area contributed by atoms with Crippen molar-refractivity contribution in [3.63, 3.8) is 0 Å². The van der Waals surface area contributed by atoms with E-state index in [9.17, 15) is 0 Å². The van der Waals surface area contributed by atoms with Crippen LogP contribution in [0.2, 0.25) is 0 Å². The summed E-state index contributed by atoms with van der Waals surface area (Å²) in [5, 5.41) is 1.73. The molecule has 0 saturated heterocycles. The maximum absolute atomic E-state index is 2.53. The molecule has 1 aromatic heterocycles. The van der Waals surface area contributed by atoms with Crippen LogP contribution in [-0.2, 0) is 12.8 Å². The molecule has 0 aromatic carbocycles. The molecule has 0 aliphatic heterocycles. The Morgan fingerprint density at radius 1 is 1.00 bits per heavy atom. The molecule has 0 aliphatic carbocycles. The number of hydrogen-bond acceptors (Lipinski definition) is 1. The molecule has 0 spiro atoms. The van der Waals surface area contributed by atoms with Gasteiger partial charge in [0, 0.05) is 9.75 Å². The smallest absolute Gasteiger partial charge is 0.0122 e. The van der Waals surface area contributed by atoms with Gasteiger partial charge >= 0.3 is 0 Å². The number of hydrogen-bond donors (Lipinski definition) is 0. The zero-order valence-corrected chi connectivity index (χ0v) is 14.6. The maximum Gasteiger partial charge on any atom is 0.0122 e. The van der Waals surface area contributed by atoms with E-state index in [1.807, 2.05) is 0 Å². The molecule has 0 amide bonds. The highest BCUT2D eigenvalue weighted by Crippen LogP contribution is 2.42. The number of rotatable bonds is 7. The molecule has 0 nitrogen and oxygen atoms in total. The second-order valence-corrected chi connectivity index (χ2v) is 9.43. The summed E-state index contributed by atoms with van der Waals surface area (Å²) in [6, 6.07) is 2.53. The Morgan fingerprint density at radius 3 is 1.94 bits per heavy atom. The summed E-state index contributed by atoms with van der Waals surface area (Å²) in [4.78, 5) is 3.25. The van der Waals surface area contributed by atoms with Crippen LogP contribution in [0.1, 0.15) is 51.3 Å². The minimum absolute atomic E-state index is 0.0642. The summed E-state index contributed by atoms with van der Waals surface area (Å²) in [6.07, 6.45) is 5.22. The molecule has 0 bridgehead atoms. The van der Waals surface area contributed by atoms with Gasteiger partial charge in [-0.1, -0.05) is 49.5 Å². The Bertz CT molecular complexity index is 342. The van der Waals surface area contributed by atoms with Gasteiger partial charge in [0.2, 0.25) is 0 Å². The van der Waals surface area contributed by atoms with Gasteiger partial charge in [0.25, 0.3) is 0 Å². The molecular formula is C16H29PS. The van der Waals surface area contributed by atoms with Crippen molar-refractivity contribution in [3.05, 3.63) is 15.8 Å². The molecule has 0 unspecified atom stereocenters. The van der Waals surface area contributed by atoms with Gasteiger partial charge in [0.1, 0.15) is 0 Å². The lowest BCUT2D eigenvalue weighted by atomic mass is 10.3. The molecule has 1 heterocycles. The van der Waals surface area contributed by atoms with E-state index in [-0.39, 0.29) is 7.92 Å². The van der Waals surface area contributed by atoms with Crippen molar-refractivity contribution in [1.29, 1.82) is 0 Å². The van der Waals surface area contributed by atoms with Gasteiger partial charge in [-0.25, -0.2) is 0 Å². The second kappa shape index (κ2) is 7.65. The SMILES string of the molecule is CCc1cc(P(CC(C)C)CC(C)C)c(CC)s1. The quantitative estimate of drug-likeness (QED) is 0.597. The first-order valence-electron chi connectivity index (χ1n) is 7.34. The van der Waals surface area contributed by atoms with Crippen molar-refractivity contribution < 1.29 is 0 Å². The van der Waals surface area contributed by atoms with Crippen molar-refractivity contribution in [2.45, 2.75) is 54.4 Å². The monoisotopic (exact) mass is 284 g/mol. The lowest BCUT2D eigenvalue weighted by Gasteiger charge is -2.22. The standard InChI is InChI=1S/C16H29PS/c1-7-14-9-15(16(8-2)18-14)17(10-12(3)4)11-13(5)6/h9,12-13H,7-8,10-11H2,1-6H3. The minimum atomic E-state index is 0.0642. The van der Waals surface area contributed by atoms with E-state index in [0.717, 1.165) is 11.8 Å². The molecule has 0 aliphatic rings. The van der Waals surface area contributed by atoms with Crippen LogP contribution < -0.4 is 5.30 Å². The molecule has 1 aromatic rings. The Morgan fingerprint density at radius 2 is 1.56 bits per heavy atom. The normalized spacial score (nSPS) is 12.1. The highest BCUT2D eigenvalue weighted by Gasteiger charge is 2.19. The first-order valence-corrected chi connectivity index (χ1v) is 9.87. The van der Waals surface area contributed by atoms with Crippen LogP contribution in [0.5, 0.6) is 0 Å². The average molecular weight is 284 g/mol. The molecule has 2 heteroatoms. The highest BCUT2D eigenvalue weighted by atomic mass is 32.1.